The van der Waals surface area contributed by atoms with Gasteiger partial charge in [-0.3, -0.25) is 4.79 Å². The van der Waals surface area contributed by atoms with Gasteiger partial charge in [-0.25, -0.2) is 13.6 Å². The van der Waals surface area contributed by atoms with Crippen LogP contribution in [0.15, 0.2) is 12.1 Å². The van der Waals surface area contributed by atoms with Gasteiger partial charge in [-0.15, -0.1) is 0 Å². The smallest absolute Gasteiger partial charge is 0.340 e. The van der Waals surface area contributed by atoms with Crippen LogP contribution in [-0.2, 0) is 9.53 Å². The number of rotatable bonds is 4. The van der Waals surface area contributed by atoms with E-state index in [4.69, 9.17) is 0 Å². The van der Waals surface area contributed by atoms with E-state index in [1.165, 1.54) is 0 Å². The maximum absolute atomic E-state index is 13.6. The predicted octanol–water partition coefficient (Wildman–Crippen LogP) is 1.30. The third-order valence-corrected chi connectivity index (χ3v) is 3.08. The summed E-state index contributed by atoms with van der Waals surface area (Å²) in [6.07, 6.45) is 0.247. The van der Waals surface area contributed by atoms with E-state index in [1.54, 1.807) is 0 Å². The van der Waals surface area contributed by atoms with E-state index >= 15 is 0 Å². The van der Waals surface area contributed by atoms with Gasteiger partial charge in [-0.1, -0.05) is 0 Å². The minimum atomic E-state index is -1.03. The summed E-state index contributed by atoms with van der Waals surface area (Å²) in [4.78, 5) is 23.0. The predicted molar refractivity (Wildman–Crippen MR) is 67.3 cm³/mol. The molecule has 1 fully saturated rings. The lowest BCUT2D eigenvalue weighted by atomic mass is 9.99. The van der Waals surface area contributed by atoms with Crippen molar-refractivity contribution in [2.24, 2.45) is 5.92 Å². The monoisotopic (exact) mass is 284 g/mol. The van der Waals surface area contributed by atoms with Crippen LogP contribution in [0.3, 0.4) is 0 Å². The summed E-state index contributed by atoms with van der Waals surface area (Å²) in [5.74, 6) is -3.05. The Morgan fingerprint density at radius 1 is 1.35 bits per heavy atom. The van der Waals surface area contributed by atoms with E-state index < -0.39 is 23.2 Å². The van der Waals surface area contributed by atoms with Gasteiger partial charge in [0, 0.05) is 12.5 Å². The summed E-state index contributed by atoms with van der Waals surface area (Å²) in [5, 5.41) is 5.36. The lowest BCUT2D eigenvalue weighted by Gasteiger charge is -2.26. The van der Waals surface area contributed by atoms with E-state index in [0.29, 0.717) is 6.07 Å². The molecule has 0 unspecified atom stereocenters. The molecule has 0 atom stereocenters. The first kappa shape index (κ1) is 14.4. The number of amides is 1. The Hall–Kier alpha value is -2.02. The number of carbonyl (C=O) groups excluding carboxylic acids is 2. The molecule has 0 aliphatic carbocycles. The van der Waals surface area contributed by atoms with Gasteiger partial charge in [0.1, 0.15) is 11.6 Å². The molecule has 5 nitrogen and oxygen atoms in total. The Kier molecular flexibility index (Phi) is 4.29. The first-order valence-electron chi connectivity index (χ1n) is 6.09. The van der Waals surface area contributed by atoms with Crippen molar-refractivity contribution < 1.29 is 23.1 Å². The van der Waals surface area contributed by atoms with E-state index in [-0.39, 0.29) is 23.9 Å². The molecule has 1 aliphatic heterocycles. The fourth-order valence-corrected chi connectivity index (χ4v) is 1.87. The summed E-state index contributed by atoms with van der Waals surface area (Å²) in [6.45, 7) is 1.49. The quantitative estimate of drug-likeness (QED) is 0.818. The Labute approximate surface area is 114 Å². The van der Waals surface area contributed by atoms with Crippen molar-refractivity contribution in [1.82, 2.24) is 5.32 Å². The molecule has 108 valence electrons. The zero-order chi connectivity index (χ0) is 14.7. The molecule has 20 heavy (non-hydrogen) atoms. The molecule has 1 saturated heterocycles. The second-order valence-electron chi connectivity index (χ2n) is 4.58. The Morgan fingerprint density at radius 3 is 2.60 bits per heavy atom. The third-order valence-electron chi connectivity index (χ3n) is 3.08. The number of hydrogen-bond acceptors (Lipinski definition) is 4. The van der Waals surface area contributed by atoms with Gasteiger partial charge in [-0.05, 0) is 25.1 Å². The summed E-state index contributed by atoms with van der Waals surface area (Å²) < 4.78 is 31.4. The Morgan fingerprint density at radius 2 is 2.05 bits per heavy atom. The average Bonchev–Trinajstić information content (AvgIpc) is 2.36. The van der Waals surface area contributed by atoms with Crippen LogP contribution in [0.5, 0.6) is 0 Å². The number of halogens is 2. The fraction of sp³-hybridized carbons (Fsp3) is 0.385. The molecule has 2 N–H and O–H groups in total. The summed E-state index contributed by atoms with van der Waals surface area (Å²) in [5.41, 5.74) is -0.654. The van der Waals surface area contributed by atoms with Crippen molar-refractivity contribution in [3.63, 3.8) is 0 Å². The van der Waals surface area contributed by atoms with Crippen LogP contribution in [0.4, 0.5) is 14.5 Å². The highest BCUT2D eigenvalue weighted by Gasteiger charge is 2.22. The van der Waals surface area contributed by atoms with Crippen LogP contribution in [-0.4, -0.2) is 32.1 Å². The van der Waals surface area contributed by atoms with Gasteiger partial charge in [0.15, 0.2) is 0 Å². The number of benzene rings is 1. The molecule has 2 rings (SSSR count). The average molecular weight is 284 g/mol. The minimum Gasteiger partial charge on any atom is -0.465 e. The molecule has 1 amide bonds. The van der Waals surface area contributed by atoms with Crippen molar-refractivity contribution in [3.8, 4) is 0 Å². The number of nitrogens with one attached hydrogen (secondary N) is 2. The van der Waals surface area contributed by atoms with Crippen molar-refractivity contribution in [2.75, 3.05) is 25.5 Å². The second-order valence-corrected chi connectivity index (χ2v) is 4.58. The van der Waals surface area contributed by atoms with Crippen LogP contribution in [0.2, 0.25) is 0 Å². The van der Waals surface area contributed by atoms with Gasteiger partial charge < -0.3 is 15.4 Å². The van der Waals surface area contributed by atoms with E-state index in [9.17, 15) is 18.4 Å². The molecule has 0 saturated carbocycles. The third kappa shape index (κ3) is 3.11. The van der Waals surface area contributed by atoms with Gasteiger partial charge in [0.25, 0.3) is 0 Å². The van der Waals surface area contributed by atoms with Crippen molar-refractivity contribution in [1.29, 1.82) is 0 Å². The molecule has 1 aliphatic rings. The van der Waals surface area contributed by atoms with Crippen LogP contribution in [0.1, 0.15) is 16.8 Å². The molecule has 1 aromatic rings. The maximum Gasteiger partial charge on any atom is 0.340 e. The molecule has 1 aromatic carbocycles. The molecule has 1 heterocycles. The van der Waals surface area contributed by atoms with Gasteiger partial charge in [-0.2, -0.15) is 0 Å². The lowest BCUT2D eigenvalue weighted by Crippen LogP contribution is -2.43. The minimum absolute atomic E-state index is 0.221. The highest BCUT2D eigenvalue weighted by molar-refractivity contribution is 5.95. The zero-order valence-electron chi connectivity index (χ0n) is 10.8. The fourth-order valence-electron chi connectivity index (χ4n) is 1.87. The molecule has 7 heteroatoms. The number of hydrogen-bond donors (Lipinski definition) is 2. The van der Waals surface area contributed by atoms with Crippen molar-refractivity contribution in [2.45, 2.75) is 6.42 Å². The molecule has 0 aromatic heterocycles. The summed E-state index contributed by atoms with van der Waals surface area (Å²) >= 11 is 0. The number of carbonyl (C=O) groups is 2. The molecule has 0 bridgehead atoms. The first-order chi connectivity index (χ1) is 9.51. The van der Waals surface area contributed by atoms with Crippen molar-refractivity contribution in [3.05, 3.63) is 29.3 Å². The Balaban J connectivity index is 2.13. The molecular weight excluding hydrogens is 270 g/mol. The number of esters is 1. The van der Waals surface area contributed by atoms with Crippen LogP contribution in [0, 0.1) is 17.6 Å². The highest BCUT2D eigenvalue weighted by atomic mass is 19.1. The SMILES string of the molecule is COC(=O)c1cc(NC(=O)CC2CNC2)c(F)cc1F. The van der Waals surface area contributed by atoms with E-state index in [0.717, 1.165) is 26.3 Å². The normalized spacial score (nSPS) is 14.6. The summed E-state index contributed by atoms with van der Waals surface area (Å²) in [6, 6.07) is 1.49. The molecular formula is C13H14F2N2O3. The number of anilines is 1. The molecule has 0 radical (unpaired) electrons. The number of methoxy groups -OCH3 is 1. The Bertz CT molecular complexity index is 545. The van der Waals surface area contributed by atoms with Crippen LogP contribution in [0.25, 0.3) is 0 Å². The van der Waals surface area contributed by atoms with Gasteiger partial charge in [0.05, 0.1) is 18.4 Å². The molecule has 0 spiro atoms. The van der Waals surface area contributed by atoms with Gasteiger partial charge >= 0.3 is 5.97 Å². The zero-order valence-corrected chi connectivity index (χ0v) is 10.8. The lowest BCUT2D eigenvalue weighted by molar-refractivity contribution is -0.117. The number of ether oxygens (including phenoxy) is 1. The van der Waals surface area contributed by atoms with Crippen LogP contribution >= 0.6 is 0 Å². The largest absolute Gasteiger partial charge is 0.465 e. The van der Waals surface area contributed by atoms with Crippen molar-refractivity contribution >= 4 is 17.6 Å². The highest BCUT2D eigenvalue weighted by Crippen LogP contribution is 2.21. The second kappa shape index (κ2) is 5.96. The van der Waals surface area contributed by atoms with E-state index in [1.807, 2.05) is 0 Å². The van der Waals surface area contributed by atoms with Gasteiger partial charge in [0.2, 0.25) is 5.91 Å². The summed E-state index contributed by atoms with van der Waals surface area (Å²) in [7, 11) is 1.09. The maximum atomic E-state index is 13.6. The standard InChI is InChI=1S/C13H14F2N2O3/c1-20-13(19)8-3-11(10(15)4-9(8)14)17-12(18)2-7-5-16-6-7/h3-4,7,16H,2,5-6H2,1H3,(H,17,18). The van der Waals surface area contributed by atoms with E-state index in [2.05, 4.69) is 15.4 Å². The topological polar surface area (TPSA) is 67.4 Å². The first-order valence-corrected chi connectivity index (χ1v) is 6.09. The van der Waals surface area contributed by atoms with Crippen LogP contribution < -0.4 is 10.6 Å².